The molecule has 0 saturated heterocycles. The highest BCUT2D eigenvalue weighted by molar-refractivity contribution is 6.17. The van der Waals surface area contributed by atoms with E-state index in [2.05, 4.69) is 39.9 Å². The molecule has 0 aliphatic carbocycles. The average Bonchev–Trinajstić information content (AvgIpc) is 2.84. The zero-order chi connectivity index (χ0) is 15.1. The van der Waals surface area contributed by atoms with Gasteiger partial charge in [-0.15, -0.1) is 11.6 Å². The minimum absolute atomic E-state index is 0.722. The molecule has 2 aromatic carbocycles. The topological polar surface area (TPSA) is 17.8 Å². The summed E-state index contributed by atoms with van der Waals surface area (Å²) in [5.41, 5.74) is 3.38. The summed E-state index contributed by atoms with van der Waals surface area (Å²) in [5.74, 6) is 1.69. The number of rotatable bonds is 2. The number of hydrogen-bond acceptors (Lipinski definition) is 1. The van der Waals surface area contributed by atoms with E-state index in [1.807, 2.05) is 50.4 Å². The van der Waals surface area contributed by atoms with Crippen molar-refractivity contribution in [2.24, 2.45) is 7.05 Å². The number of para-hydroxylation sites is 2. The molecule has 108 valence electrons. The molecule has 0 saturated carbocycles. The first kappa shape index (κ1) is 15.3. The van der Waals surface area contributed by atoms with Crippen LogP contribution >= 0.6 is 11.6 Å². The smallest absolute Gasteiger partial charge is 0.133 e. The standard InChI is InChI=1S/C16H14N2.C2H5Cl/c1-18-15-10-6-5-9-14(15)17-16(18)12-11-13-7-3-2-4-8-13;1-2-3/h2-12H,1H3;2H2,1H3/b12-11+;. The zero-order valence-corrected chi connectivity index (χ0v) is 13.1. The average molecular weight is 299 g/mol. The van der Waals surface area contributed by atoms with Crippen LogP contribution in [-0.4, -0.2) is 15.4 Å². The van der Waals surface area contributed by atoms with E-state index in [-0.39, 0.29) is 0 Å². The number of imidazole rings is 1. The SMILES string of the molecule is CCCl.Cn1c(/C=C/c2ccccc2)nc2ccccc21. The Labute approximate surface area is 130 Å². The van der Waals surface area contributed by atoms with Gasteiger partial charge in [0.05, 0.1) is 11.0 Å². The maximum Gasteiger partial charge on any atom is 0.133 e. The third kappa shape index (κ3) is 3.96. The highest BCUT2D eigenvalue weighted by Crippen LogP contribution is 2.16. The Morgan fingerprint density at radius 2 is 1.62 bits per heavy atom. The van der Waals surface area contributed by atoms with Gasteiger partial charge in [0, 0.05) is 12.9 Å². The molecule has 2 nitrogen and oxygen atoms in total. The van der Waals surface area contributed by atoms with Crippen LogP contribution in [0.15, 0.2) is 54.6 Å². The first-order valence-electron chi connectivity index (χ1n) is 6.96. The first-order chi connectivity index (χ1) is 10.3. The van der Waals surface area contributed by atoms with Gasteiger partial charge in [-0.25, -0.2) is 4.98 Å². The van der Waals surface area contributed by atoms with Gasteiger partial charge in [0.2, 0.25) is 0 Å². The van der Waals surface area contributed by atoms with Crippen molar-refractivity contribution < 1.29 is 0 Å². The fraction of sp³-hybridized carbons (Fsp3) is 0.167. The van der Waals surface area contributed by atoms with E-state index in [4.69, 9.17) is 11.6 Å². The molecule has 1 aromatic heterocycles. The molecule has 0 aliphatic heterocycles. The molecular weight excluding hydrogens is 280 g/mol. The molecule has 0 atom stereocenters. The van der Waals surface area contributed by atoms with Crippen molar-refractivity contribution in [3.8, 4) is 0 Å². The lowest BCUT2D eigenvalue weighted by Crippen LogP contribution is -1.90. The minimum atomic E-state index is 0.722. The first-order valence-corrected chi connectivity index (χ1v) is 7.50. The Morgan fingerprint density at radius 1 is 1.00 bits per heavy atom. The van der Waals surface area contributed by atoms with Gasteiger partial charge in [0.15, 0.2) is 0 Å². The number of nitrogens with zero attached hydrogens (tertiary/aromatic N) is 2. The predicted octanol–water partition coefficient (Wildman–Crippen LogP) is 4.99. The molecule has 0 amide bonds. The Hall–Kier alpha value is -2.06. The van der Waals surface area contributed by atoms with E-state index in [9.17, 15) is 0 Å². The Balaban J connectivity index is 0.000000497. The normalized spacial score (nSPS) is 10.6. The quantitative estimate of drug-likeness (QED) is 0.610. The van der Waals surface area contributed by atoms with Crippen LogP contribution in [0.25, 0.3) is 23.2 Å². The van der Waals surface area contributed by atoms with Crippen LogP contribution in [0.2, 0.25) is 0 Å². The second-order valence-electron chi connectivity index (χ2n) is 4.53. The number of fused-ring (bicyclic) bond motifs is 1. The van der Waals surface area contributed by atoms with Crippen molar-refractivity contribution in [2.45, 2.75) is 6.92 Å². The number of aryl methyl sites for hydroxylation is 1. The van der Waals surface area contributed by atoms with E-state index < -0.39 is 0 Å². The van der Waals surface area contributed by atoms with E-state index >= 15 is 0 Å². The van der Waals surface area contributed by atoms with E-state index in [1.54, 1.807) is 0 Å². The van der Waals surface area contributed by atoms with Crippen LogP contribution in [-0.2, 0) is 7.05 Å². The summed E-state index contributed by atoms with van der Waals surface area (Å²) >= 11 is 5.00. The molecule has 0 bridgehead atoms. The third-order valence-corrected chi connectivity index (χ3v) is 3.05. The maximum atomic E-state index is 5.00. The molecule has 0 radical (unpaired) electrons. The van der Waals surface area contributed by atoms with Crippen molar-refractivity contribution in [3.05, 3.63) is 66.0 Å². The molecule has 3 rings (SSSR count). The van der Waals surface area contributed by atoms with E-state index in [0.29, 0.717) is 0 Å². The molecule has 3 heteroatoms. The lowest BCUT2D eigenvalue weighted by Gasteiger charge is -1.96. The minimum Gasteiger partial charge on any atom is -0.328 e. The summed E-state index contributed by atoms with van der Waals surface area (Å²) in [7, 11) is 2.04. The predicted molar refractivity (Wildman–Crippen MR) is 92.5 cm³/mol. The molecule has 1 heterocycles. The molecule has 3 aromatic rings. The second kappa shape index (κ2) is 7.65. The molecule has 21 heavy (non-hydrogen) atoms. The number of hydrogen-bond donors (Lipinski definition) is 0. The van der Waals surface area contributed by atoms with Crippen molar-refractivity contribution in [2.75, 3.05) is 5.88 Å². The number of benzene rings is 2. The molecule has 0 spiro atoms. The highest BCUT2D eigenvalue weighted by atomic mass is 35.5. The summed E-state index contributed by atoms with van der Waals surface area (Å²) in [5, 5.41) is 0. The third-order valence-electron chi connectivity index (χ3n) is 3.05. The van der Waals surface area contributed by atoms with Crippen molar-refractivity contribution >= 4 is 34.8 Å². The highest BCUT2D eigenvalue weighted by Gasteiger charge is 2.03. The van der Waals surface area contributed by atoms with Crippen molar-refractivity contribution in [3.63, 3.8) is 0 Å². The summed E-state index contributed by atoms with van der Waals surface area (Å²) in [6.45, 7) is 1.89. The Morgan fingerprint density at radius 3 is 2.29 bits per heavy atom. The summed E-state index contributed by atoms with van der Waals surface area (Å²) < 4.78 is 2.11. The van der Waals surface area contributed by atoms with Crippen LogP contribution in [0.5, 0.6) is 0 Å². The van der Waals surface area contributed by atoms with Crippen LogP contribution < -0.4 is 0 Å². The van der Waals surface area contributed by atoms with Crippen LogP contribution in [0, 0.1) is 0 Å². The molecular formula is C18H19ClN2. The Kier molecular flexibility index (Phi) is 5.59. The van der Waals surface area contributed by atoms with Crippen LogP contribution in [0.4, 0.5) is 0 Å². The summed E-state index contributed by atoms with van der Waals surface area (Å²) in [4.78, 5) is 4.60. The van der Waals surface area contributed by atoms with Crippen molar-refractivity contribution in [1.29, 1.82) is 0 Å². The van der Waals surface area contributed by atoms with Crippen LogP contribution in [0.3, 0.4) is 0 Å². The van der Waals surface area contributed by atoms with E-state index in [1.165, 1.54) is 5.56 Å². The second-order valence-corrected chi connectivity index (χ2v) is 5.06. The van der Waals surface area contributed by atoms with Gasteiger partial charge in [-0.2, -0.15) is 0 Å². The number of aromatic nitrogens is 2. The maximum absolute atomic E-state index is 5.00. The lowest BCUT2D eigenvalue weighted by atomic mass is 10.2. The van der Waals surface area contributed by atoms with Crippen LogP contribution in [0.1, 0.15) is 18.3 Å². The van der Waals surface area contributed by atoms with Gasteiger partial charge < -0.3 is 4.57 Å². The largest absolute Gasteiger partial charge is 0.328 e. The van der Waals surface area contributed by atoms with Gasteiger partial charge in [-0.1, -0.05) is 55.5 Å². The number of alkyl halides is 1. The lowest BCUT2D eigenvalue weighted by molar-refractivity contribution is 0.930. The van der Waals surface area contributed by atoms with Gasteiger partial charge in [0.1, 0.15) is 5.82 Å². The molecule has 0 N–H and O–H groups in total. The molecule has 0 aliphatic rings. The molecule has 0 unspecified atom stereocenters. The zero-order valence-electron chi connectivity index (χ0n) is 12.3. The summed E-state index contributed by atoms with van der Waals surface area (Å²) in [6, 6.07) is 18.4. The Bertz CT molecular complexity index is 714. The van der Waals surface area contributed by atoms with Crippen molar-refractivity contribution in [1.82, 2.24) is 9.55 Å². The van der Waals surface area contributed by atoms with Gasteiger partial charge in [-0.3, -0.25) is 0 Å². The summed E-state index contributed by atoms with van der Waals surface area (Å²) in [6.07, 6.45) is 4.14. The molecule has 0 fully saturated rings. The van der Waals surface area contributed by atoms with Gasteiger partial charge in [0.25, 0.3) is 0 Å². The fourth-order valence-corrected chi connectivity index (χ4v) is 2.05. The number of halogens is 1. The monoisotopic (exact) mass is 298 g/mol. The van der Waals surface area contributed by atoms with Gasteiger partial charge >= 0.3 is 0 Å². The fourth-order valence-electron chi connectivity index (χ4n) is 2.05. The van der Waals surface area contributed by atoms with E-state index in [0.717, 1.165) is 22.7 Å². The van der Waals surface area contributed by atoms with Gasteiger partial charge in [-0.05, 0) is 23.8 Å².